The molecule has 1 N–H and O–H groups in total. The van der Waals surface area contributed by atoms with Gasteiger partial charge in [0.1, 0.15) is 0 Å². The highest BCUT2D eigenvalue weighted by Crippen LogP contribution is 2.43. The number of halogens is 2. The summed E-state index contributed by atoms with van der Waals surface area (Å²) >= 11 is 12.5. The summed E-state index contributed by atoms with van der Waals surface area (Å²) in [5.41, 5.74) is 2.30. The maximum Gasteiger partial charge on any atom is 0.336 e. The first-order valence-corrected chi connectivity index (χ1v) is 10.5. The predicted octanol–water partition coefficient (Wildman–Crippen LogP) is 4.46. The zero-order valence-corrected chi connectivity index (χ0v) is 20.5. The van der Waals surface area contributed by atoms with E-state index >= 15 is 0 Å². The fraction of sp³-hybridized carbons (Fsp3) is 0.455. The lowest BCUT2D eigenvalue weighted by Gasteiger charge is -2.30. The summed E-state index contributed by atoms with van der Waals surface area (Å²) < 4.78 is 10.1. The number of nitrogens with one attached hydrogen (secondary N) is 1. The van der Waals surface area contributed by atoms with Gasteiger partial charge >= 0.3 is 11.9 Å². The minimum Gasteiger partial charge on any atom is -0.466 e. The highest BCUT2D eigenvalue weighted by molar-refractivity contribution is 6.42. The monoisotopic (exact) mass is 472 g/mol. The van der Waals surface area contributed by atoms with Gasteiger partial charge in [-0.25, -0.2) is 9.59 Å². The van der Waals surface area contributed by atoms with Crippen molar-refractivity contribution in [3.8, 4) is 0 Å². The van der Waals surface area contributed by atoms with Crippen LogP contribution >= 0.6 is 23.2 Å². The van der Waals surface area contributed by atoms with Crippen molar-refractivity contribution in [2.75, 3.05) is 34.4 Å². The van der Waals surface area contributed by atoms with E-state index in [1.165, 1.54) is 7.11 Å². The van der Waals surface area contributed by atoms with Crippen molar-refractivity contribution in [2.45, 2.75) is 33.6 Å². The number of rotatable bonds is 6. The van der Waals surface area contributed by atoms with Gasteiger partial charge in [-0.1, -0.05) is 35.3 Å². The molecule has 1 aromatic carbocycles. The summed E-state index contributed by atoms with van der Waals surface area (Å²) in [6.07, 6.45) is 0. The fourth-order valence-electron chi connectivity index (χ4n) is 3.17. The number of hydrogen-bond donors (Lipinski definition) is 1. The Morgan fingerprint density at radius 2 is 1.61 bits per heavy atom. The Morgan fingerprint density at radius 1 is 1.03 bits per heavy atom. The lowest BCUT2D eigenvalue weighted by Crippen LogP contribution is -2.32. The zero-order chi connectivity index (χ0) is 23.7. The summed E-state index contributed by atoms with van der Waals surface area (Å²) in [5.74, 6) is -1.82. The molecule has 0 aromatic heterocycles. The van der Waals surface area contributed by atoms with E-state index in [2.05, 4.69) is 5.32 Å². The zero-order valence-electron chi connectivity index (χ0n) is 19.0. The smallest absolute Gasteiger partial charge is 0.336 e. The molecular formula is C22H30Cl2N2O5. The highest BCUT2D eigenvalue weighted by atomic mass is 35.5. The topological polar surface area (TPSA) is 77.1 Å². The molecule has 1 aliphatic rings. The van der Waals surface area contributed by atoms with Gasteiger partial charge in [0.05, 0.1) is 47.4 Å². The number of nitrogens with zero attached hydrogens (tertiary/aromatic N) is 1. The van der Waals surface area contributed by atoms with Crippen molar-refractivity contribution in [1.29, 1.82) is 0 Å². The van der Waals surface area contributed by atoms with E-state index in [4.69, 9.17) is 37.5 Å². The molecule has 7 nitrogen and oxygen atoms in total. The Morgan fingerprint density at radius 3 is 2.06 bits per heavy atom. The average Bonchev–Trinajstić information content (AvgIpc) is 2.69. The van der Waals surface area contributed by atoms with Crippen molar-refractivity contribution < 1.29 is 23.9 Å². The third kappa shape index (κ3) is 6.97. The molecule has 1 heterocycles. The molecule has 9 heteroatoms. The van der Waals surface area contributed by atoms with Gasteiger partial charge < -0.3 is 14.8 Å². The minimum atomic E-state index is -0.737. The maximum absolute atomic E-state index is 12.6. The van der Waals surface area contributed by atoms with Gasteiger partial charge in [-0.05, 0) is 39.3 Å². The van der Waals surface area contributed by atoms with Gasteiger partial charge in [0, 0.05) is 25.5 Å². The molecule has 1 unspecified atom stereocenters. The van der Waals surface area contributed by atoms with E-state index in [1.54, 1.807) is 44.0 Å². The minimum absolute atomic E-state index is 0.210. The van der Waals surface area contributed by atoms with Crippen LogP contribution in [0.2, 0.25) is 10.0 Å². The molecule has 0 bridgehead atoms. The first kappa shape index (κ1) is 27.0. The number of allylic oxidation sites excluding steroid dienone is 2. The SMILES string of the molecule is CCOC(=O)C1=C(C)NC(C)=C(C(=O)OC)C1c1cccc(Cl)c1Cl.CCON(C)C. The van der Waals surface area contributed by atoms with E-state index < -0.39 is 17.9 Å². The van der Waals surface area contributed by atoms with Crippen LogP contribution in [0.1, 0.15) is 39.2 Å². The van der Waals surface area contributed by atoms with Crippen molar-refractivity contribution in [2.24, 2.45) is 0 Å². The molecule has 0 fully saturated rings. The summed E-state index contributed by atoms with van der Waals surface area (Å²) in [6.45, 7) is 8.13. The maximum atomic E-state index is 12.6. The van der Waals surface area contributed by atoms with Crippen LogP contribution in [-0.4, -0.2) is 51.4 Å². The normalized spacial score (nSPS) is 15.9. The third-order valence-electron chi connectivity index (χ3n) is 4.34. The Labute approximate surface area is 193 Å². The van der Waals surface area contributed by atoms with Gasteiger partial charge in [0.15, 0.2) is 0 Å². The molecule has 0 saturated heterocycles. The van der Waals surface area contributed by atoms with E-state index in [1.807, 2.05) is 21.0 Å². The summed E-state index contributed by atoms with van der Waals surface area (Å²) in [6, 6.07) is 5.09. The largest absolute Gasteiger partial charge is 0.466 e. The van der Waals surface area contributed by atoms with Crippen LogP contribution in [0, 0.1) is 0 Å². The number of hydrogen-bond acceptors (Lipinski definition) is 7. The first-order chi connectivity index (χ1) is 14.6. The third-order valence-corrected chi connectivity index (χ3v) is 5.17. The number of hydroxylamine groups is 2. The Hall–Kier alpha value is -2.06. The Balaban J connectivity index is 0.000000703. The van der Waals surface area contributed by atoms with E-state index in [9.17, 15) is 9.59 Å². The molecule has 0 saturated carbocycles. The number of dihydropyridines is 1. The molecule has 2 rings (SSSR count). The van der Waals surface area contributed by atoms with Crippen molar-refractivity contribution >= 4 is 35.1 Å². The second-order valence-electron chi connectivity index (χ2n) is 6.72. The van der Waals surface area contributed by atoms with Crippen molar-refractivity contribution in [3.05, 3.63) is 56.3 Å². The molecule has 1 atom stereocenters. The van der Waals surface area contributed by atoms with E-state index in [-0.39, 0.29) is 11.6 Å². The van der Waals surface area contributed by atoms with Gasteiger partial charge in [-0.15, -0.1) is 0 Å². The number of methoxy groups -OCH3 is 1. The molecule has 0 spiro atoms. The number of carbonyl (C=O) groups is 2. The summed E-state index contributed by atoms with van der Waals surface area (Å²) in [5, 5.41) is 5.34. The lowest BCUT2D eigenvalue weighted by molar-refractivity contribution is -0.139. The molecule has 31 heavy (non-hydrogen) atoms. The van der Waals surface area contributed by atoms with Crippen molar-refractivity contribution in [3.63, 3.8) is 0 Å². The average molecular weight is 473 g/mol. The van der Waals surface area contributed by atoms with Gasteiger partial charge in [-0.3, -0.25) is 4.84 Å². The van der Waals surface area contributed by atoms with Gasteiger partial charge in [0.2, 0.25) is 0 Å². The first-order valence-electron chi connectivity index (χ1n) is 9.78. The molecule has 0 amide bonds. The van der Waals surface area contributed by atoms with Crippen LogP contribution < -0.4 is 5.32 Å². The van der Waals surface area contributed by atoms with Crippen LogP contribution in [0.3, 0.4) is 0 Å². The summed E-state index contributed by atoms with van der Waals surface area (Å²) in [7, 11) is 5.02. The highest BCUT2D eigenvalue weighted by Gasteiger charge is 2.38. The molecule has 0 radical (unpaired) electrons. The molecular weight excluding hydrogens is 443 g/mol. The molecule has 0 aliphatic carbocycles. The molecule has 172 valence electrons. The number of esters is 2. The standard InChI is InChI=1S/C18H19Cl2NO4.C4H11NO/c1-5-25-18(23)14-10(3)21-9(2)13(17(22)24-4)15(14)11-7-6-8-12(19)16(11)20;1-4-6-5(2)3/h6-8,15,21H,5H2,1-4H3;4H2,1-3H3. The number of ether oxygens (including phenoxy) is 2. The molecule has 1 aromatic rings. The van der Waals surface area contributed by atoms with Crippen LogP contribution in [-0.2, 0) is 23.9 Å². The Kier molecular flexibility index (Phi) is 11.1. The Bertz CT molecular complexity index is 865. The summed E-state index contributed by atoms with van der Waals surface area (Å²) in [4.78, 5) is 29.9. The number of carbonyl (C=O) groups excluding carboxylic acids is 2. The number of benzene rings is 1. The quantitative estimate of drug-likeness (QED) is 0.483. The van der Waals surface area contributed by atoms with E-state index in [0.29, 0.717) is 33.1 Å². The van der Waals surface area contributed by atoms with Gasteiger partial charge in [0.25, 0.3) is 0 Å². The lowest BCUT2D eigenvalue weighted by atomic mass is 9.80. The molecule has 1 aliphatic heterocycles. The van der Waals surface area contributed by atoms with Crippen LogP contribution in [0.5, 0.6) is 0 Å². The van der Waals surface area contributed by atoms with Crippen LogP contribution in [0.4, 0.5) is 0 Å². The predicted molar refractivity (Wildman–Crippen MR) is 122 cm³/mol. The fourth-order valence-corrected chi connectivity index (χ4v) is 3.58. The van der Waals surface area contributed by atoms with Crippen LogP contribution in [0.25, 0.3) is 0 Å². The van der Waals surface area contributed by atoms with Crippen molar-refractivity contribution in [1.82, 2.24) is 10.4 Å². The second-order valence-corrected chi connectivity index (χ2v) is 7.51. The van der Waals surface area contributed by atoms with E-state index in [0.717, 1.165) is 6.61 Å². The second kappa shape index (κ2) is 12.7. The van der Waals surface area contributed by atoms with Crippen LogP contribution in [0.15, 0.2) is 40.7 Å². The van der Waals surface area contributed by atoms with Gasteiger partial charge in [-0.2, -0.15) is 5.06 Å².